The Kier molecular flexibility index (Phi) is 4.68. The largest absolute Gasteiger partial charge is 0.454 e. The Balaban J connectivity index is 2.11. The Morgan fingerprint density at radius 2 is 2.15 bits per heavy atom. The average molecular weight is 293 g/mol. The minimum atomic E-state index is -1.20. The molecule has 1 aromatic heterocycles. The van der Waals surface area contributed by atoms with Crippen molar-refractivity contribution in [3.05, 3.63) is 47.3 Å². The molecule has 0 fully saturated rings. The van der Waals surface area contributed by atoms with E-state index in [9.17, 15) is 9.00 Å². The molecule has 0 aliphatic carbocycles. The lowest BCUT2D eigenvalue weighted by atomic mass is 10.2. The molecule has 2 rings (SSSR count). The molecule has 1 heterocycles. The van der Waals surface area contributed by atoms with Crippen molar-refractivity contribution in [3.8, 4) is 0 Å². The van der Waals surface area contributed by atoms with Gasteiger partial charge >= 0.3 is 5.97 Å². The van der Waals surface area contributed by atoms with Crippen LogP contribution in [-0.2, 0) is 22.1 Å². The smallest absolute Gasteiger partial charge is 0.339 e. The molecule has 0 bridgehead atoms. The van der Waals surface area contributed by atoms with Crippen molar-refractivity contribution in [2.24, 2.45) is 0 Å². The number of carbonyl (C=O) groups is 1. The second kappa shape index (κ2) is 6.47. The maximum absolute atomic E-state index is 12.0. The van der Waals surface area contributed by atoms with Crippen molar-refractivity contribution in [2.75, 3.05) is 5.75 Å². The van der Waals surface area contributed by atoms with Crippen molar-refractivity contribution < 1.29 is 18.3 Å². The molecule has 0 saturated heterocycles. The summed E-state index contributed by atoms with van der Waals surface area (Å²) in [5.41, 5.74) is 1.05. The fourth-order valence-corrected chi connectivity index (χ4v) is 2.63. The summed E-state index contributed by atoms with van der Waals surface area (Å²) in [4.78, 5) is 12.5. The fraction of sp³-hybridized carbons (Fsp3) is 0.286. The number of hydrogen-bond donors (Lipinski definition) is 0. The van der Waals surface area contributed by atoms with Crippen LogP contribution >= 0.6 is 0 Å². The van der Waals surface area contributed by atoms with Crippen LogP contribution in [0.5, 0.6) is 0 Å². The number of carbonyl (C=O) groups excluding carboxylic acids is 1. The molecule has 6 heteroatoms. The molecule has 0 N–H and O–H groups in total. The average Bonchev–Trinajstić information content (AvgIpc) is 2.89. The zero-order valence-corrected chi connectivity index (χ0v) is 12.1. The highest BCUT2D eigenvalue weighted by atomic mass is 32.2. The Bertz CT molecular complexity index is 636. The monoisotopic (exact) mass is 293 g/mol. The first-order chi connectivity index (χ1) is 9.61. The second-order valence-corrected chi connectivity index (χ2v) is 5.85. The Morgan fingerprint density at radius 3 is 2.80 bits per heavy atom. The van der Waals surface area contributed by atoms with E-state index in [1.54, 1.807) is 44.2 Å². The van der Waals surface area contributed by atoms with Crippen LogP contribution in [-0.4, -0.2) is 21.1 Å². The van der Waals surface area contributed by atoms with Crippen molar-refractivity contribution in [1.29, 1.82) is 0 Å². The van der Waals surface area contributed by atoms with Gasteiger partial charge in [-0.1, -0.05) is 24.2 Å². The van der Waals surface area contributed by atoms with E-state index >= 15 is 0 Å². The van der Waals surface area contributed by atoms with E-state index < -0.39 is 16.8 Å². The van der Waals surface area contributed by atoms with Gasteiger partial charge in [0.2, 0.25) is 0 Å². The van der Waals surface area contributed by atoms with Crippen LogP contribution in [0.2, 0.25) is 0 Å². The SMILES string of the molecule is CCS(=O)c1ccccc1C(=O)OCc1cc(C)no1. The van der Waals surface area contributed by atoms with Gasteiger partial charge in [-0.3, -0.25) is 4.21 Å². The zero-order chi connectivity index (χ0) is 14.5. The predicted molar refractivity (Wildman–Crippen MR) is 73.8 cm³/mol. The van der Waals surface area contributed by atoms with E-state index in [2.05, 4.69) is 5.16 Å². The van der Waals surface area contributed by atoms with Crippen molar-refractivity contribution in [3.63, 3.8) is 0 Å². The van der Waals surface area contributed by atoms with Crippen molar-refractivity contribution >= 4 is 16.8 Å². The summed E-state index contributed by atoms with van der Waals surface area (Å²) in [5.74, 6) is 0.410. The van der Waals surface area contributed by atoms with E-state index in [0.29, 0.717) is 22.0 Å². The molecular weight excluding hydrogens is 278 g/mol. The molecule has 0 aliphatic rings. The van der Waals surface area contributed by atoms with Gasteiger partial charge in [0.15, 0.2) is 12.4 Å². The molecular formula is C14H15NO4S. The Hall–Kier alpha value is -1.95. The van der Waals surface area contributed by atoms with Crippen LogP contribution in [0.4, 0.5) is 0 Å². The van der Waals surface area contributed by atoms with Crippen LogP contribution in [0.15, 0.2) is 39.8 Å². The van der Waals surface area contributed by atoms with Crippen LogP contribution in [0.25, 0.3) is 0 Å². The summed E-state index contributed by atoms with van der Waals surface area (Å²) in [6, 6.07) is 8.44. The molecule has 0 aliphatic heterocycles. The summed E-state index contributed by atoms with van der Waals surface area (Å²) in [6.45, 7) is 3.59. The van der Waals surface area contributed by atoms with E-state index in [4.69, 9.17) is 9.26 Å². The third kappa shape index (κ3) is 3.33. The maximum Gasteiger partial charge on any atom is 0.339 e. The third-order valence-electron chi connectivity index (χ3n) is 2.64. The molecule has 0 radical (unpaired) electrons. The van der Waals surface area contributed by atoms with Crippen molar-refractivity contribution in [2.45, 2.75) is 25.3 Å². The summed E-state index contributed by atoms with van der Waals surface area (Å²) in [7, 11) is -1.20. The summed E-state index contributed by atoms with van der Waals surface area (Å²) < 4.78 is 22.0. The molecule has 1 unspecified atom stereocenters. The quantitative estimate of drug-likeness (QED) is 0.792. The van der Waals surface area contributed by atoms with Crippen LogP contribution in [0.1, 0.15) is 28.7 Å². The molecule has 2 aromatic rings. The Labute approximate surface area is 119 Å². The van der Waals surface area contributed by atoms with Gasteiger partial charge in [-0.25, -0.2) is 4.79 Å². The van der Waals surface area contributed by atoms with Gasteiger partial charge in [0, 0.05) is 11.8 Å². The number of hydrogen-bond acceptors (Lipinski definition) is 5. The maximum atomic E-state index is 12.0. The molecule has 20 heavy (non-hydrogen) atoms. The van der Waals surface area contributed by atoms with Gasteiger partial charge in [-0.05, 0) is 19.1 Å². The van der Waals surface area contributed by atoms with Gasteiger partial charge < -0.3 is 9.26 Å². The first-order valence-electron chi connectivity index (χ1n) is 6.18. The van der Waals surface area contributed by atoms with E-state index in [0.717, 1.165) is 5.69 Å². The molecule has 1 atom stereocenters. The zero-order valence-electron chi connectivity index (χ0n) is 11.3. The van der Waals surface area contributed by atoms with Gasteiger partial charge in [0.05, 0.1) is 27.0 Å². The number of aryl methyl sites for hydroxylation is 1. The third-order valence-corrected chi connectivity index (χ3v) is 4.01. The highest BCUT2D eigenvalue weighted by Crippen LogP contribution is 2.16. The van der Waals surface area contributed by atoms with Crippen LogP contribution < -0.4 is 0 Å². The summed E-state index contributed by atoms with van der Waals surface area (Å²) in [6.07, 6.45) is 0. The fourth-order valence-electron chi connectivity index (χ4n) is 1.69. The number of rotatable bonds is 5. The predicted octanol–water partition coefficient (Wildman–Crippen LogP) is 2.47. The molecule has 106 valence electrons. The van der Waals surface area contributed by atoms with E-state index in [-0.39, 0.29) is 6.61 Å². The van der Waals surface area contributed by atoms with Gasteiger partial charge in [0.25, 0.3) is 0 Å². The summed E-state index contributed by atoms with van der Waals surface area (Å²) in [5, 5.41) is 3.71. The molecule has 0 spiro atoms. The first kappa shape index (κ1) is 14.5. The van der Waals surface area contributed by atoms with Crippen LogP contribution in [0, 0.1) is 6.92 Å². The van der Waals surface area contributed by atoms with E-state index in [1.807, 2.05) is 0 Å². The van der Waals surface area contributed by atoms with E-state index in [1.165, 1.54) is 0 Å². The molecule has 0 saturated carbocycles. The number of benzene rings is 1. The van der Waals surface area contributed by atoms with Crippen molar-refractivity contribution in [1.82, 2.24) is 5.16 Å². The minimum Gasteiger partial charge on any atom is -0.454 e. The molecule has 0 amide bonds. The molecule has 5 nitrogen and oxygen atoms in total. The first-order valence-corrected chi connectivity index (χ1v) is 7.50. The normalized spacial score (nSPS) is 12.1. The van der Waals surface area contributed by atoms with Gasteiger partial charge in [-0.15, -0.1) is 0 Å². The minimum absolute atomic E-state index is 0.00671. The van der Waals surface area contributed by atoms with Gasteiger partial charge in [0.1, 0.15) is 0 Å². The lowest BCUT2D eigenvalue weighted by Crippen LogP contribution is -2.09. The van der Waals surface area contributed by atoms with Gasteiger partial charge in [-0.2, -0.15) is 0 Å². The number of esters is 1. The van der Waals surface area contributed by atoms with Crippen LogP contribution in [0.3, 0.4) is 0 Å². The highest BCUT2D eigenvalue weighted by Gasteiger charge is 2.16. The standard InChI is InChI=1S/C14H15NO4S/c1-3-20(17)13-7-5-4-6-12(13)14(16)18-9-11-8-10(2)15-19-11/h4-8H,3,9H2,1-2H3. The number of ether oxygens (including phenoxy) is 1. The highest BCUT2D eigenvalue weighted by molar-refractivity contribution is 7.85. The summed E-state index contributed by atoms with van der Waals surface area (Å²) >= 11 is 0. The second-order valence-electron chi connectivity index (χ2n) is 4.14. The molecule has 1 aromatic carbocycles. The lowest BCUT2D eigenvalue weighted by Gasteiger charge is -2.07. The number of aromatic nitrogens is 1. The Morgan fingerprint density at radius 1 is 1.40 bits per heavy atom. The number of nitrogens with zero attached hydrogens (tertiary/aromatic N) is 1. The lowest BCUT2D eigenvalue weighted by molar-refractivity contribution is 0.0433. The topological polar surface area (TPSA) is 69.4 Å².